The zero-order valence-corrected chi connectivity index (χ0v) is 15.6. The minimum atomic E-state index is -0.435. The predicted molar refractivity (Wildman–Crippen MR) is 105 cm³/mol. The lowest BCUT2D eigenvalue weighted by Crippen LogP contribution is -2.38. The molecule has 1 N–H and O–H groups in total. The normalized spacial score (nSPS) is 13.4. The van der Waals surface area contributed by atoms with Crippen LogP contribution in [0.15, 0.2) is 35.7 Å². The summed E-state index contributed by atoms with van der Waals surface area (Å²) in [6.07, 6.45) is 0.891. The van der Waals surface area contributed by atoms with Crippen LogP contribution in [0.1, 0.15) is 16.1 Å². The van der Waals surface area contributed by atoms with Crippen LogP contribution in [-0.4, -0.2) is 33.8 Å². The molecule has 0 unspecified atom stereocenters. The van der Waals surface area contributed by atoms with Gasteiger partial charge in [-0.15, -0.1) is 11.3 Å². The first kappa shape index (κ1) is 17.4. The molecule has 4 rings (SSSR count). The summed E-state index contributed by atoms with van der Waals surface area (Å²) in [4.78, 5) is 31.0. The highest BCUT2D eigenvalue weighted by Crippen LogP contribution is 2.30. The quantitative estimate of drug-likeness (QED) is 0.551. The molecule has 0 bridgehead atoms. The molecule has 0 atom stereocenters. The van der Waals surface area contributed by atoms with Gasteiger partial charge in [-0.05, 0) is 36.4 Å². The zero-order valence-electron chi connectivity index (χ0n) is 14.8. The van der Waals surface area contributed by atoms with Crippen molar-refractivity contribution >= 4 is 39.5 Å². The number of hydrogen-bond donors (Lipinski definition) is 1. The summed E-state index contributed by atoms with van der Waals surface area (Å²) >= 11 is 1.74. The van der Waals surface area contributed by atoms with E-state index in [-0.39, 0.29) is 18.1 Å². The smallest absolute Gasteiger partial charge is 0.295 e. The number of aryl methyl sites for hydroxylation is 1. The number of para-hydroxylation sites is 1. The number of nitrogens with zero attached hydrogens (tertiary/aromatic N) is 3. The van der Waals surface area contributed by atoms with E-state index in [0.29, 0.717) is 28.8 Å². The van der Waals surface area contributed by atoms with Gasteiger partial charge in [-0.3, -0.25) is 14.9 Å². The standard InChI is InChI=1S/C19H18N4O3S/c1-12-9-15(14-3-2-4-16(23(25)26)19(14)21-12)20-10-18(24)22-7-5-17-13(11-22)6-8-27-17/h2-4,6,8-9H,5,7,10-11H2,1H3,(H,20,21). The Morgan fingerprint density at radius 1 is 1.41 bits per heavy atom. The molecule has 7 nitrogen and oxygen atoms in total. The van der Waals surface area contributed by atoms with Crippen LogP contribution in [-0.2, 0) is 17.8 Å². The largest absolute Gasteiger partial charge is 0.376 e. The highest BCUT2D eigenvalue weighted by molar-refractivity contribution is 7.10. The van der Waals surface area contributed by atoms with Crippen molar-refractivity contribution in [2.24, 2.45) is 0 Å². The van der Waals surface area contributed by atoms with Crippen molar-refractivity contribution in [2.45, 2.75) is 19.9 Å². The van der Waals surface area contributed by atoms with Gasteiger partial charge in [0.1, 0.15) is 0 Å². The van der Waals surface area contributed by atoms with Gasteiger partial charge in [-0.25, -0.2) is 4.98 Å². The van der Waals surface area contributed by atoms with Gasteiger partial charge < -0.3 is 10.2 Å². The van der Waals surface area contributed by atoms with E-state index in [1.54, 1.807) is 30.4 Å². The number of aromatic nitrogens is 1. The number of rotatable bonds is 4. The summed E-state index contributed by atoms with van der Waals surface area (Å²) in [5.41, 5.74) is 2.86. The predicted octanol–water partition coefficient (Wildman–Crippen LogP) is 3.51. The fourth-order valence-electron chi connectivity index (χ4n) is 3.40. The number of carbonyl (C=O) groups excluding carboxylic acids is 1. The first-order chi connectivity index (χ1) is 13.0. The van der Waals surface area contributed by atoms with Crippen LogP contribution in [0, 0.1) is 17.0 Å². The number of hydrogen-bond acceptors (Lipinski definition) is 6. The molecule has 8 heteroatoms. The third kappa shape index (κ3) is 3.35. The molecular weight excluding hydrogens is 364 g/mol. The van der Waals surface area contributed by atoms with Crippen LogP contribution in [0.25, 0.3) is 10.9 Å². The number of carbonyl (C=O) groups is 1. The number of thiophene rings is 1. The van der Waals surface area contributed by atoms with Gasteiger partial charge in [0.15, 0.2) is 5.52 Å². The molecule has 1 aliphatic heterocycles. The highest BCUT2D eigenvalue weighted by atomic mass is 32.1. The number of benzene rings is 1. The van der Waals surface area contributed by atoms with Gasteiger partial charge in [0.2, 0.25) is 5.91 Å². The molecule has 0 saturated carbocycles. The van der Waals surface area contributed by atoms with E-state index in [1.807, 2.05) is 11.0 Å². The van der Waals surface area contributed by atoms with E-state index >= 15 is 0 Å². The summed E-state index contributed by atoms with van der Waals surface area (Å²) in [6, 6.07) is 8.74. The molecule has 3 aromatic rings. The second-order valence-corrected chi connectivity index (χ2v) is 7.53. The summed E-state index contributed by atoms with van der Waals surface area (Å²) in [7, 11) is 0. The van der Waals surface area contributed by atoms with Crippen molar-refractivity contribution in [2.75, 3.05) is 18.4 Å². The summed E-state index contributed by atoms with van der Waals surface area (Å²) in [5.74, 6) is 0.0138. The topological polar surface area (TPSA) is 88.4 Å². The average molecular weight is 382 g/mol. The Labute approximate surface area is 159 Å². The van der Waals surface area contributed by atoms with E-state index in [0.717, 1.165) is 13.0 Å². The SMILES string of the molecule is Cc1cc(NCC(=O)N2CCc3sccc3C2)c2cccc([N+](=O)[O-])c2n1. The Balaban J connectivity index is 1.55. The molecule has 0 fully saturated rings. The lowest BCUT2D eigenvalue weighted by molar-refractivity contribution is -0.383. The van der Waals surface area contributed by atoms with Gasteiger partial charge in [-0.2, -0.15) is 0 Å². The lowest BCUT2D eigenvalue weighted by Gasteiger charge is -2.27. The van der Waals surface area contributed by atoms with Gasteiger partial charge in [0, 0.05) is 40.8 Å². The molecule has 0 saturated heterocycles. The Morgan fingerprint density at radius 2 is 2.26 bits per heavy atom. The highest BCUT2D eigenvalue weighted by Gasteiger charge is 2.22. The van der Waals surface area contributed by atoms with E-state index in [2.05, 4.69) is 21.7 Å². The summed E-state index contributed by atoms with van der Waals surface area (Å²) < 4.78 is 0. The van der Waals surface area contributed by atoms with Crippen LogP contribution in [0.5, 0.6) is 0 Å². The molecule has 2 aromatic heterocycles. The van der Waals surface area contributed by atoms with Gasteiger partial charge >= 0.3 is 0 Å². The Morgan fingerprint density at radius 3 is 3.07 bits per heavy atom. The molecule has 1 aliphatic rings. The first-order valence-electron chi connectivity index (χ1n) is 8.64. The number of nitro groups is 1. The third-order valence-electron chi connectivity index (χ3n) is 4.73. The van der Waals surface area contributed by atoms with Crippen LogP contribution in [0.2, 0.25) is 0 Å². The van der Waals surface area contributed by atoms with Crippen molar-refractivity contribution < 1.29 is 9.72 Å². The van der Waals surface area contributed by atoms with Crippen molar-refractivity contribution in [1.29, 1.82) is 0 Å². The van der Waals surface area contributed by atoms with Crippen LogP contribution >= 0.6 is 11.3 Å². The number of nitrogens with one attached hydrogen (secondary N) is 1. The summed E-state index contributed by atoms with van der Waals surface area (Å²) in [6.45, 7) is 3.28. The molecule has 0 radical (unpaired) electrons. The average Bonchev–Trinajstić information content (AvgIpc) is 3.12. The molecule has 27 heavy (non-hydrogen) atoms. The fraction of sp³-hybridized carbons (Fsp3) is 0.263. The number of pyridine rings is 1. The second kappa shape index (κ2) is 6.96. The van der Waals surface area contributed by atoms with Gasteiger partial charge in [0.25, 0.3) is 5.69 Å². The van der Waals surface area contributed by atoms with E-state index in [1.165, 1.54) is 16.5 Å². The molecule has 0 aliphatic carbocycles. The zero-order chi connectivity index (χ0) is 19.0. The Bertz CT molecular complexity index is 1050. The number of fused-ring (bicyclic) bond motifs is 2. The monoisotopic (exact) mass is 382 g/mol. The van der Waals surface area contributed by atoms with Crippen LogP contribution in [0.4, 0.5) is 11.4 Å². The maximum absolute atomic E-state index is 12.6. The van der Waals surface area contributed by atoms with E-state index in [9.17, 15) is 14.9 Å². The van der Waals surface area contributed by atoms with Crippen LogP contribution in [0.3, 0.4) is 0 Å². The molecule has 1 aromatic carbocycles. The third-order valence-corrected chi connectivity index (χ3v) is 5.76. The Kier molecular flexibility index (Phi) is 4.49. The number of anilines is 1. The minimum absolute atomic E-state index is 0.0138. The number of amides is 1. The van der Waals surface area contributed by atoms with E-state index in [4.69, 9.17) is 0 Å². The second-order valence-electron chi connectivity index (χ2n) is 6.53. The lowest BCUT2D eigenvalue weighted by atomic mass is 10.1. The fourth-order valence-corrected chi connectivity index (χ4v) is 4.29. The van der Waals surface area contributed by atoms with Crippen molar-refractivity contribution in [3.05, 3.63) is 62.0 Å². The van der Waals surface area contributed by atoms with Crippen LogP contribution < -0.4 is 5.32 Å². The number of nitro benzene ring substituents is 1. The molecule has 3 heterocycles. The Hall–Kier alpha value is -3.00. The van der Waals surface area contributed by atoms with Gasteiger partial charge in [-0.1, -0.05) is 12.1 Å². The van der Waals surface area contributed by atoms with Crippen molar-refractivity contribution in [3.63, 3.8) is 0 Å². The first-order valence-corrected chi connectivity index (χ1v) is 9.52. The summed E-state index contributed by atoms with van der Waals surface area (Å²) in [5, 5.41) is 17.1. The van der Waals surface area contributed by atoms with E-state index < -0.39 is 4.92 Å². The maximum Gasteiger partial charge on any atom is 0.295 e. The van der Waals surface area contributed by atoms with Crippen molar-refractivity contribution in [3.8, 4) is 0 Å². The van der Waals surface area contributed by atoms with Crippen molar-refractivity contribution in [1.82, 2.24) is 9.88 Å². The molecule has 0 spiro atoms. The molecule has 1 amide bonds. The number of non-ortho nitro benzene ring substituents is 1. The maximum atomic E-state index is 12.6. The molecule has 138 valence electrons. The molecular formula is C19H18N4O3S. The minimum Gasteiger partial charge on any atom is -0.376 e. The van der Waals surface area contributed by atoms with Gasteiger partial charge in [0.05, 0.1) is 11.5 Å².